The molecular formula is C74H48O3. The Kier molecular flexibility index (Phi) is 13.4. The fourth-order valence-corrected chi connectivity index (χ4v) is 10.6. The fraction of sp³-hybridized carbons (Fsp3) is 0.0270. The zero-order chi connectivity index (χ0) is 51.9. The highest BCUT2D eigenvalue weighted by Crippen LogP contribution is 2.55. The molecule has 0 bridgehead atoms. The zero-order valence-electron chi connectivity index (χ0n) is 41.9. The number of hydrogen-bond donors (Lipinski definition) is 0. The van der Waals surface area contributed by atoms with E-state index in [1.807, 2.05) is 218 Å². The minimum absolute atomic E-state index is 0.0299. The second-order valence-corrected chi connectivity index (χ2v) is 19.0. The number of Topliss-reactive ketones (excluding diaryl/α,β-unsaturated/α-hetero) is 2. The summed E-state index contributed by atoms with van der Waals surface area (Å²) in [4.78, 5) is 30.1. The Balaban J connectivity index is 0.892. The summed E-state index contributed by atoms with van der Waals surface area (Å²) in [6.45, 7) is 0. The van der Waals surface area contributed by atoms with E-state index in [1.165, 1.54) is 0 Å². The summed E-state index contributed by atoms with van der Waals surface area (Å²) in [5.41, 5.74) is 15.7. The number of hydrogen-bond acceptors (Lipinski definition) is 3. The molecule has 2 aliphatic rings. The van der Waals surface area contributed by atoms with Gasteiger partial charge in [0.1, 0.15) is 11.5 Å². The Bertz CT molecular complexity index is 4000. The molecule has 0 spiro atoms. The van der Waals surface area contributed by atoms with Crippen molar-refractivity contribution in [1.29, 1.82) is 0 Å². The van der Waals surface area contributed by atoms with Crippen molar-refractivity contribution in [3.05, 3.63) is 346 Å². The molecule has 2 aliphatic carbocycles. The van der Waals surface area contributed by atoms with Crippen LogP contribution in [0.3, 0.4) is 0 Å². The molecule has 0 N–H and O–H groups in total. The third-order valence-electron chi connectivity index (χ3n) is 14.2. The predicted molar refractivity (Wildman–Crippen MR) is 312 cm³/mol. The van der Waals surface area contributed by atoms with Crippen LogP contribution in [0, 0.1) is 23.7 Å². The molecule has 10 aromatic carbocycles. The molecule has 0 saturated carbocycles. The third kappa shape index (κ3) is 9.94. The van der Waals surface area contributed by atoms with E-state index in [-0.39, 0.29) is 17.5 Å². The standard InChI is InChI=1S/C74H48O3/c75-73-69(55-23-11-3-12-24-55)65(59-39-35-53(36-40-59)33-31-51-19-7-1-8-20-51)67(71(73)57-27-15-5-16-28-57)61-43-47-63(48-44-61)77-64-49-45-62(46-50-64)68-66(60-41-37-54(38-42-60)34-32-52-21-9-2-10-22-52)70(56-25-13-4-14-26-56)74(76)72(68)58-29-17-6-18-30-58/h1-30,35-50,65,69H. The molecule has 2 atom stereocenters. The highest BCUT2D eigenvalue weighted by molar-refractivity contribution is 6.59. The molecule has 3 heteroatoms. The van der Waals surface area contributed by atoms with Crippen LogP contribution in [0.15, 0.2) is 279 Å². The molecule has 0 radical (unpaired) electrons. The summed E-state index contributed by atoms with van der Waals surface area (Å²) >= 11 is 0. The smallest absolute Gasteiger partial charge is 0.195 e. The summed E-state index contributed by atoms with van der Waals surface area (Å²) in [5, 5.41) is 0. The van der Waals surface area contributed by atoms with Crippen molar-refractivity contribution in [2.75, 3.05) is 0 Å². The first-order valence-corrected chi connectivity index (χ1v) is 25.8. The van der Waals surface area contributed by atoms with Gasteiger partial charge in [-0.15, -0.1) is 0 Å². The molecular weight excluding hydrogens is 937 g/mol. The molecule has 3 nitrogen and oxygen atoms in total. The lowest BCUT2D eigenvalue weighted by Gasteiger charge is -2.23. The first kappa shape index (κ1) is 47.7. The van der Waals surface area contributed by atoms with Crippen LogP contribution in [-0.4, -0.2) is 11.6 Å². The minimum Gasteiger partial charge on any atom is -0.457 e. The van der Waals surface area contributed by atoms with E-state index < -0.39 is 5.92 Å². The molecule has 0 saturated heterocycles. The van der Waals surface area contributed by atoms with Crippen LogP contribution in [-0.2, 0) is 9.59 Å². The number of ketones is 2. The number of carbonyl (C=O) groups is 2. The van der Waals surface area contributed by atoms with Gasteiger partial charge in [0.15, 0.2) is 11.6 Å². The summed E-state index contributed by atoms with van der Waals surface area (Å²) < 4.78 is 6.62. The van der Waals surface area contributed by atoms with Gasteiger partial charge in [0.2, 0.25) is 0 Å². The Morgan fingerprint density at radius 3 is 1.00 bits per heavy atom. The summed E-state index contributed by atoms with van der Waals surface area (Å²) in [5.74, 6) is 13.8. The molecule has 0 aliphatic heterocycles. The van der Waals surface area contributed by atoms with Crippen molar-refractivity contribution in [2.45, 2.75) is 11.8 Å². The first-order valence-electron chi connectivity index (χ1n) is 25.8. The van der Waals surface area contributed by atoms with E-state index in [0.29, 0.717) is 28.2 Å². The van der Waals surface area contributed by atoms with E-state index >= 15 is 9.59 Å². The van der Waals surface area contributed by atoms with Gasteiger partial charge in [0.05, 0.1) is 5.92 Å². The molecule has 362 valence electrons. The maximum absolute atomic E-state index is 15.1. The van der Waals surface area contributed by atoms with E-state index in [0.717, 1.165) is 83.5 Å². The van der Waals surface area contributed by atoms with Gasteiger partial charge in [-0.3, -0.25) is 9.59 Å². The van der Waals surface area contributed by atoms with Crippen LogP contribution >= 0.6 is 0 Å². The molecule has 0 aromatic heterocycles. The van der Waals surface area contributed by atoms with Crippen LogP contribution in [0.5, 0.6) is 11.5 Å². The average Bonchev–Trinajstić information content (AvgIpc) is 4.01. The molecule has 0 amide bonds. The van der Waals surface area contributed by atoms with Gasteiger partial charge in [0, 0.05) is 56.0 Å². The van der Waals surface area contributed by atoms with Crippen molar-refractivity contribution in [3.8, 4) is 35.2 Å². The topological polar surface area (TPSA) is 43.4 Å². The van der Waals surface area contributed by atoms with Gasteiger partial charge in [-0.05, 0) is 123 Å². The first-order chi connectivity index (χ1) is 38.0. The van der Waals surface area contributed by atoms with Gasteiger partial charge in [-0.1, -0.05) is 230 Å². The highest BCUT2D eigenvalue weighted by atomic mass is 16.5. The highest BCUT2D eigenvalue weighted by Gasteiger charge is 2.44. The Morgan fingerprint density at radius 2 is 0.571 bits per heavy atom. The fourth-order valence-electron chi connectivity index (χ4n) is 10.6. The number of benzene rings is 10. The predicted octanol–water partition coefficient (Wildman–Crippen LogP) is 16.4. The summed E-state index contributed by atoms with van der Waals surface area (Å²) in [6.07, 6.45) is 0. The number of carbonyl (C=O) groups excluding carboxylic acids is 2. The van der Waals surface area contributed by atoms with Gasteiger partial charge in [-0.25, -0.2) is 0 Å². The maximum atomic E-state index is 15.1. The third-order valence-corrected chi connectivity index (χ3v) is 14.2. The van der Waals surface area contributed by atoms with Crippen LogP contribution in [0.2, 0.25) is 0 Å². The van der Waals surface area contributed by atoms with Gasteiger partial charge in [0.25, 0.3) is 0 Å². The molecule has 12 rings (SSSR count). The average molecular weight is 985 g/mol. The number of rotatable bonds is 10. The molecule has 0 fully saturated rings. The van der Waals surface area contributed by atoms with Crippen LogP contribution < -0.4 is 4.74 Å². The van der Waals surface area contributed by atoms with E-state index in [2.05, 4.69) is 84.3 Å². The zero-order valence-corrected chi connectivity index (χ0v) is 41.9. The molecule has 2 unspecified atom stereocenters. The molecule has 77 heavy (non-hydrogen) atoms. The minimum atomic E-state index is -0.442. The lowest BCUT2D eigenvalue weighted by Crippen LogP contribution is -2.15. The van der Waals surface area contributed by atoms with Gasteiger partial charge in [-0.2, -0.15) is 0 Å². The molecule has 0 heterocycles. The van der Waals surface area contributed by atoms with Gasteiger partial charge >= 0.3 is 0 Å². The number of allylic oxidation sites excluding steroid dienone is 6. The van der Waals surface area contributed by atoms with E-state index in [9.17, 15) is 0 Å². The van der Waals surface area contributed by atoms with Gasteiger partial charge < -0.3 is 4.74 Å². The van der Waals surface area contributed by atoms with Crippen molar-refractivity contribution >= 4 is 45.0 Å². The van der Waals surface area contributed by atoms with Crippen molar-refractivity contribution in [1.82, 2.24) is 0 Å². The second-order valence-electron chi connectivity index (χ2n) is 19.0. The Morgan fingerprint density at radius 1 is 0.260 bits per heavy atom. The SMILES string of the molecule is O=C1C(c2ccccc2)=C(c2ccc(C#Cc3ccccc3)cc2)C(c2ccc(Oc3ccc(C4=C(c5ccccc5)C(=O)C(c5ccccc5)C4c4ccc(C#Cc5ccccc5)cc4)cc3)cc2)=C1c1ccccc1. The van der Waals surface area contributed by atoms with E-state index in [4.69, 9.17) is 4.74 Å². The Hall–Kier alpha value is -10.3. The number of ether oxygens (including phenoxy) is 1. The lowest BCUT2D eigenvalue weighted by atomic mass is 9.78. The summed E-state index contributed by atoms with van der Waals surface area (Å²) in [7, 11) is 0. The normalized spacial score (nSPS) is 15.0. The largest absolute Gasteiger partial charge is 0.457 e. The van der Waals surface area contributed by atoms with Crippen LogP contribution in [0.4, 0.5) is 0 Å². The monoisotopic (exact) mass is 984 g/mol. The van der Waals surface area contributed by atoms with Crippen molar-refractivity contribution in [3.63, 3.8) is 0 Å². The molecule has 10 aromatic rings. The van der Waals surface area contributed by atoms with E-state index in [1.54, 1.807) is 0 Å². The van der Waals surface area contributed by atoms with Crippen molar-refractivity contribution < 1.29 is 14.3 Å². The van der Waals surface area contributed by atoms with Crippen LogP contribution in [0.25, 0.3) is 33.4 Å². The second kappa shape index (κ2) is 21.6. The maximum Gasteiger partial charge on any atom is 0.195 e. The quantitative estimate of drug-likeness (QED) is 0.128. The van der Waals surface area contributed by atoms with Crippen molar-refractivity contribution in [2.24, 2.45) is 0 Å². The van der Waals surface area contributed by atoms with Crippen LogP contribution in [0.1, 0.15) is 78.6 Å². The Labute approximate surface area is 449 Å². The lowest BCUT2D eigenvalue weighted by molar-refractivity contribution is -0.114. The summed E-state index contributed by atoms with van der Waals surface area (Å²) in [6, 6.07) is 92.6.